The Morgan fingerprint density at radius 1 is 1.58 bits per heavy atom. The molecule has 0 radical (unpaired) electrons. The molecule has 1 fully saturated rings. The maximum Gasteiger partial charge on any atom is 0.00495 e. The maximum absolute atomic E-state index is 3.45. The third-order valence-corrected chi connectivity index (χ3v) is 3.50. The zero-order chi connectivity index (χ0) is 8.39. The minimum Gasteiger partial charge on any atom is -0.316 e. The van der Waals surface area contributed by atoms with Crippen LogP contribution in [0.5, 0.6) is 0 Å². The van der Waals surface area contributed by atoms with Crippen LogP contribution in [0.1, 0.15) is 29.2 Å². The molecule has 0 amide bonds. The van der Waals surface area contributed by atoms with E-state index in [-0.39, 0.29) is 0 Å². The SMILES string of the molecule is Cc1sccc1C1CCCNC1. The van der Waals surface area contributed by atoms with Crippen molar-refractivity contribution in [2.75, 3.05) is 13.1 Å². The molecular formula is C10H15NS. The molecule has 0 bridgehead atoms. The second-order valence-corrected chi connectivity index (χ2v) is 4.60. The summed E-state index contributed by atoms with van der Waals surface area (Å²) in [5.41, 5.74) is 1.58. The van der Waals surface area contributed by atoms with Gasteiger partial charge in [0, 0.05) is 11.4 Å². The van der Waals surface area contributed by atoms with E-state index < -0.39 is 0 Å². The van der Waals surface area contributed by atoms with Gasteiger partial charge in [0.25, 0.3) is 0 Å². The van der Waals surface area contributed by atoms with Crippen molar-refractivity contribution in [3.8, 4) is 0 Å². The van der Waals surface area contributed by atoms with E-state index in [2.05, 4.69) is 23.7 Å². The standard InChI is InChI=1S/C10H15NS/c1-8-10(4-6-12-8)9-3-2-5-11-7-9/h4,6,9,11H,2-3,5,7H2,1H3. The summed E-state index contributed by atoms with van der Waals surface area (Å²) in [7, 11) is 0. The minimum atomic E-state index is 0.782. The number of hydrogen-bond acceptors (Lipinski definition) is 2. The van der Waals surface area contributed by atoms with E-state index >= 15 is 0 Å². The van der Waals surface area contributed by atoms with Gasteiger partial charge in [-0.2, -0.15) is 0 Å². The van der Waals surface area contributed by atoms with Gasteiger partial charge in [0.2, 0.25) is 0 Å². The van der Waals surface area contributed by atoms with Crippen molar-refractivity contribution < 1.29 is 0 Å². The van der Waals surface area contributed by atoms with Crippen LogP contribution in [0.2, 0.25) is 0 Å². The maximum atomic E-state index is 3.45. The molecule has 1 atom stereocenters. The summed E-state index contributed by atoms with van der Waals surface area (Å²) in [5.74, 6) is 0.782. The highest BCUT2D eigenvalue weighted by Gasteiger charge is 2.16. The molecular weight excluding hydrogens is 166 g/mol. The van der Waals surface area contributed by atoms with Crippen molar-refractivity contribution in [1.82, 2.24) is 5.32 Å². The third kappa shape index (κ3) is 1.54. The van der Waals surface area contributed by atoms with Gasteiger partial charge in [-0.25, -0.2) is 0 Å². The summed E-state index contributed by atoms with van der Waals surface area (Å²) in [4.78, 5) is 1.50. The normalized spacial score (nSPS) is 24.2. The minimum absolute atomic E-state index is 0.782. The summed E-state index contributed by atoms with van der Waals surface area (Å²) < 4.78 is 0. The first-order valence-electron chi connectivity index (χ1n) is 4.62. The van der Waals surface area contributed by atoms with Crippen LogP contribution in [0.4, 0.5) is 0 Å². The van der Waals surface area contributed by atoms with Gasteiger partial charge in [0.1, 0.15) is 0 Å². The van der Waals surface area contributed by atoms with E-state index in [1.807, 2.05) is 11.3 Å². The predicted octanol–water partition coefficient (Wildman–Crippen LogP) is 2.52. The van der Waals surface area contributed by atoms with Crippen molar-refractivity contribution >= 4 is 11.3 Å². The lowest BCUT2D eigenvalue weighted by atomic mass is 9.92. The zero-order valence-electron chi connectivity index (χ0n) is 7.47. The molecule has 0 spiro atoms. The Morgan fingerprint density at radius 2 is 2.50 bits per heavy atom. The molecule has 1 aromatic heterocycles. The van der Waals surface area contributed by atoms with Gasteiger partial charge in [-0.15, -0.1) is 11.3 Å². The number of rotatable bonds is 1. The van der Waals surface area contributed by atoms with Gasteiger partial charge >= 0.3 is 0 Å². The van der Waals surface area contributed by atoms with Crippen LogP contribution in [0.3, 0.4) is 0 Å². The van der Waals surface area contributed by atoms with Crippen molar-refractivity contribution in [2.24, 2.45) is 0 Å². The second kappa shape index (κ2) is 3.58. The zero-order valence-corrected chi connectivity index (χ0v) is 8.29. The van der Waals surface area contributed by atoms with Gasteiger partial charge in [-0.3, -0.25) is 0 Å². The van der Waals surface area contributed by atoms with Crippen LogP contribution in [0, 0.1) is 6.92 Å². The fourth-order valence-electron chi connectivity index (χ4n) is 1.94. The van der Waals surface area contributed by atoms with Gasteiger partial charge in [-0.1, -0.05) is 0 Å². The van der Waals surface area contributed by atoms with Crippen molar-refractivity contribution in [3.63, 3.8) is 0 Å². The van der Waals surface area contributed by atoms with Crippen LogP contribution in [-0.4, -0.2) is 13.1 Å². The molecule has 66 valence electrons. The van der Waals surface area contributed by atoms with Gasteiger partial charge in [-0.05, 0) is 49.2 Å². The average molecular weight is 181 g/mol. The molecule has 0 aliphatic carbocycles. The Balaban J connectivity index is 2.13. The number of nitrogens with one attached hydrogen (secondary N) is 1. The number of thiophene rings is 1. The summed E-state index contributed by atoms with van der Waals surface area (Å²) in [6, 6.07) is 2.29. The Labute approximate surface area is 77.8 Å². The summed E-state index contributed by atoms with van der Waals surface area (Å²) in [5, 5.41) is 5.66. The van der Waals surface area contributed by atoms with Gasteiger partial charge < -0.3 is 5.32 Å². The number of aryl methyl sites for hydroxylation is 1. The van der Waals surface area contributed by atoms with E-state index in [0.29, 0.717) is 0 Å². The molecule has 12 heavy (non-hydrogen) atoms. The first-order chi connectivity index (χ1) is 5.88. The Kier molecular flexibility index (Phi) is 2.47. The highest BCUT2D eigenvalue weighted by molar-refractivity contribution is 7.10. The molecule has 1 unspecified atom stereocenters. The van der Waals surface area contributed by atoms with Crippen LogP contribution in [-0.2, 0) is 0 Å². The van der Waals surface area contributed by atoms with E-state index in [9.17, 15) is 0 Å². The van der Waals surface area contributed by atoms with E-state index in [0.717, 1.165) is 5.92 Å². The largest absolute Gasteiger partial charge is 0.316 e. The first kappa shape index (κ1) is 8.27. The smallest absolute Gasteiger partial charge is 0.00495 e. The van der Waals surface area contributed by atoms with Crippen molar-refractivity contribution in [2.45, 2.75) is 25.7 Å². The van der Waals surface area contributed by atoms with Crippen molar-refractivity contribution in [1.29, 1.82) is 0 Å². The topological polar surface area (TPSA) is 12.0 Å². The van der Waals surface area contributed by atoms with Crippen LogP contribution < -0.4 is 5.32 Å². The Morgan fingerprint density at radius 3 is 3.08 bits per heavy atom. The fraction of sp³-hybridized carbons (Fsp3) is 0.600. The summed E-state index contributed by atoms with van der Waals surface area (Å²) in [6.45, 7) is 4.62. The average Bonchev–Trinajstić information content (AvgIpc) is 2.53. The predicted molar refractivity (Wildman–Crippen MR) is 53.9 cm³/mol. The molecule has 0 saturated carbocycles. The van der Waals surface area contributed by atoms with Gasteiger partial charge in [0.15, 0.2) is 0 Å². The highest BCUT2D eigenvalue weighted by atomic mass is 32.1. The van der Waals surface area contributed by atoms with Crippen LogP contribution in [0.15, 0.2) is 11.4 Å². The molecule has 0 aromatic carbocycles. The molecule has 1 aromatic rings. The number of piperidine rings is 1. The molecule has 2 rings (SSSR count). The highest BCUT2D eigenvalue weighted by Crippen LogP contribution is 2.28. The van der Waals surface area contributed by atoms with E-state index in [1.165, 1.54) is 30.8 Å². The van der Waals surface area contributed by atoms with E-state index in [4.69, 9.17) is 0 Å². The summed E-state index contributed by atoms with van der Waals surface area (Å²) >= 11 is 1.87. The number of hydrogen-bond donors (Lipinski definition) is 1. The van der Waals surface area contributed by atoms with E-state index in [1.54, 1.807) is 5.56 Å². The van der Waals surface area contributed by atoms with Gasteiger partial charge in [0.05, 0.1) is 0 Å². The fourth-order valence-corrected chi connectivity index (χ4v) is 2.73. The monoisotopic (exact) mass is 181 g/mol. The molecule has 1 N–H and O–H groups in total. The molecule has 1 nitrogen and oxygen atoms in total. The molecule has 1 saturated heterocycles. The lowest BCUT2D eigenvalue weighted by molar-refractivity contribution is 0.461. The Bertz CT molecular complexity index is 248. The van der Waals surface area contributed by atoms with Crippen LogP contribution >= 0.6 is 11.3 Å². The third-order valence-electron chi connectivity index (χ3n) is 2.64. The molecule has 1 aliphatic heterocycles. The second-order valence-electron chi connectivity index (χ2n) is 3.48. The molecule has 2 heteroatoms. The molecule has 2 heterocycles. The van der Waals surface area contributed by atoms with Crippen LogP contribution in [0.25, 0.3) is 0 Å². The lowest BCUT2D eigenvalue weighted by Gasteiger charge is -2.22. The first-order valence-corrected chi connectivity index (χ1v) is 5.50. The summed E-state index contributed by atoms with van der Waals surface area (Å²) in [6.07, 6.45) is 2.70. The lowest BCUT2D eigenvalue weighted by Crippen LogP contribution is -2.28. The van der Waals surface area contributed by atoms with Crippen molar-refractivity contribution in [3.05, 3.63) is 21.9 Å². The quantitative estimate of drug-likeness (QED) is 0.702. The Hall–Kier alpha value is -0.340. The molecule has 1 aliphatic rings.